The molecule has 4 aliphatic rings. The van der Waals surface area contributed by atoms with Crippen LogP contribution in [0.3, 0.4) is 0 Å². The number of anilines is 2. The van der Waals surface area contributed by atoms with Crippen LogP contribution >= 0.6 is 0 Å². The van der Waals surface area contributed by atoms with Crippen molar-refractivity contribution in [2.24, 2.45) is 0 Å². The fourth-order valence-corrected chi connectivity index (χ4v) is 29.9. The summed E-state index contributed by atoms with van der Waals surface area (Å²) in [6, 6.07) is 111. The average molecular weight is 1620 g/mol. The van der Waals surface area contributed by atoms with Crippen molar-refractivity contribution in [1.29, 1.82) is 0 Å². The molecule has 0 bridgehead atoms. The van der Waals surface area contributed by atoms with Crippen molar-refractivity contribution >= 4 is 117 Å². The van der Waals surface area contributed by atoms with Crippen LogP contribution in [0.2, 0.25) is 0 Å². The molecule has 92 heavy (non-hydrogen) atoms. The normalized spacial score (nSPS) is 14.3. The number of aromatic nitrogens is 2. The van der Waals surface area contributed by atoms with E-state index in [0.717, 1.165) is 22.3 Å². The van der Waals surface area contributed by atoms with Gasteiger partial charge < -0.3 is 14.5 Å². The minimum absolute atomic E-state index is 0. The van der Waals surface area contributed by atoms with Crippen molar-refractivity contribution < 1.29 is 51.6 Å². The van der Waals surface area contributed by atoms with E-state index in [4.69, 9.17) is 9.47 Å². The minimum Gasteiger partial charge on any atom is -0.510 e. The summed E-state index contributed by atoms with van der Waals surface area (Å²) in [6.07, 6.45) is 11.8. The van der Waals surface area contributed by atoms with E-state index < -0.39 is 21.3 Å². The predicted molar refractivity (Wildman–Crippen MR) is 374 cm³/mol. The Labute approximate surface area is 572 Å². The Morgan fingerprint density at radius 2 is 0.848 bits per heavy atom. The zero-order valence-electron chi connectivity index (χ0n) is 50.3. The molecule has 0 amide bonds. The van der Waals surface area contributed by atoms with E-state index in [-0.39, 0.29) is 55.6 Å². The van der Waals surface area contributed by atoms with E-state index in [1.165, 1.54) is 60.2 Å². The molecule has 0 saturated carbocycles. The Morgan fingerprint density at radius 3 is 1.36 bits per heavy atom. The van der Waals surface area contributed by atoms with E-state index >= 15 is 0 Å². The van der Waals surface area contributed by atoms with E-state index in [9.17, 15) is 0 Å². The first-order valence-corrected chi connectivity index (χ1v) is 36.5. The Morgan fingerprint density at radius 1 is 0.391 bits per heavy atom. The maximum atomic E-state index is 6.19. The van der Waals surface area contributed by atoms with Crippen molar-refractivity contribution in [3.05, 3.63) is 342 Å². The van der Waals surface area contributed by atoms with E-state index in [1.807, 2.05) is 62.6 Å². The van der Waals surface area contributed by atoms with Gasteiger partial charge >= 0.3 is 269 Å². The first kappa shape index (κ1) is 61.9. The van der Waals surface area contributed by atoms with E-state index in [1.54, 1.807) is 12.4 Å². The van der Waals surface area contributed by atoms with E-state index in [0.29, 0.717) is 23.3 Å². The van der Waals surface area contributed by atoms with Gasteiger partial charge in [0.05, 0.1) is 0 Å². The van der Waals surface area contributed by atoms with Crippen LogP contribution in [0.15, 0.2) is 304 Å². The van der Waals surface area contributed by atoms with Gasteiger partial charge in [0.15, 0.2) is 6.71 Å². The number of ether oxygens (including phenoxy) is 2. The number of hydrogen-bond donors (Lipinski definition) is 0. The third-order valence-corrected chi connectivity index (χ3v) is 32.7. The zero-order chi connectivity index (χ0) is 60.4. The molecule has 452 valence electrons. The van der Waals surface area contributed by atoms with Gasteiger partial charge in [-0.2, -0.15) is 53.1 Å². The molecule has 0 aliphatic carbocycles. The van der Waals surface area contributed by atoms with E-state index in [2.05, 4.69) is 310 Å². The summed E-state index contributed by atoms with van der Waals surface area (Å²) in [6.45, 7) is 3.98. The molecule has 0 fully saturated rings. The first-order chi connectivity index (χ1) is 44.4. The van der Waals surface area contributed by atoms with Gasteiger partial charge in [0, 0.05) is 60.1 Å². The number of pyridine rings is 2. The van der Waals surface area contributed by atoms with Crippen LogP contribution in [-0.2, 0) is 42.1 Å². The van der Waals surface area contributed by atoms with Crippen LogP contribution in [-0.4, -0.2) is 68.6 Å². The molecule has 0 N–H and O–H groups in total. The average Bonchev–Trinajstić information content (AvgIpc) is 0.763. The summed E-state index contributed by atoms with van der Waals surface area (Å²) >= 11 is -3.51. The monoisotopic (exact) mass is 1620 g/mol. The van der Waals surface area contributed by atoms with Gasteiger partial charge in [-0.3, -0.25) is 0 Å². The van der Waals surface area contributed by atoms with Gasteiger partial charge in [0.2, 0.25) is 5.88 Å². The maximum absolute atomic E-state index is 6.19. The van der Waals surface area contributed by atoms with Crippen molar-refractivity contribution in [2.45, 2.75) is 0 Å². The van der Waals surface area contributed by atoms with Crippen LogP contribution in [0.25, 0.3) is 0 Å². The number of nitrogens with zero attached hydrogens (tertiary/aromatic N) is 6. The Balaban J connectivity index is 0.000000164. The van der Waals surface area contributed by atoms with Gasteiger partial charge in [-0.1, -0.05) is 112 Å². The summed E-state index contributed by atoms with van der Waals surface area (Å²) in [7, 11) is 1.34. The van der Waals surface area contributed by atoms with Gasteiger partial charge in [0.25, 0.3) is 0 Å². The Hall–Kier alpha value is -8.95. The topological polar surface area (TPSA) is 57.2 Å². The molecule has 12 aromatic rings. The number of benzene rings is 10. The molecule has 4 aliphatic heterocycles. The first-order valence-electron chi connectivity index (χ1n) is 30.3. The molecule has 0 radical (unpaired) electrons. The molecular formula is C78H58B2GeN6O2Pt2Si-6. The number of fused-ring (bicyclic) bond motifs is 4. The smallest absolute Gasteiger partial charge is 0.216 e. The van der Waals surface area contributed by atoms with Gasteiger partial charge in [-0.05, 0) is 25.5 Å². The molecule has 0 saturated heterocycles. The number of rotatable bonds is 12. The van der Waals surface area contributed by atoms with Crippen LogP contribution < -0.4 is 90.4 Å². The fourth-order valence-electron chi connectivity index (χ4n) is 13.8. The molecule has 0 unspecified atom stereocenters. The third kappa shape index (κ3) is 11.4. The SMILES string of the molecule is CN1C=CN(c2[c-]c3[c](cc2)[Ge]([c]2ccccc2)([c]2ccccc2)[c]2ccccc2B3c2[c-]c(Oc3ccccn3)ccc2)[CH-]1.CN1C=CN(c2[c-]c3c(cc2)[Si](c2ccccc2)(c2ccccc2)c2ccccc2B3c2[c-]c(Oc3ccccn3)ccc2)[CH-]1.[Pt].[Pt]. The summed E-state index contributed by atoms with van der Waals surface area (Å²) in [5, 5.41) is 5.44. The van der Waals surface area contributed by atoms with Crippen LogP contribution in [0.5, 0.6) is 23.3 Å². The second kappa shape index (κ2) is 27.1. The zero-order valence-corrected chi connectivity index (χ0v) is 58.0. The fraction of sp³-hybridized carbons (Fsp3) is 0.0256. The number of hydrogen-bond acceptors (Lipinski definition) is 8. The van der Waals surface area contributed by atoms with Crippen molar-refractivity contribution in [2.75, 3.05) is 23.9 Å². The third-order valence-electron chi connectivity index (χ3n) is 17.5. The predicted octanol–water partition coefficient (Wildman–Crippen LogP) is 6.04. The van der Waals surface area contributed by atoms with Crippen LogP contribution in [0.4, 0.5) is 11.4 Å². The van der Waals surface area contributed by atoms with Gasteiger partial charge in [-0.15, -0.1) is 17.8 Å². The summed E-state index contributed by atoms with van der Waals surface area (Å²) in [4.78, 5) is 17.1. The largest absolute Gasteiger partial charge is 0.510 e. The summed E-state index contributed by atoms with van der Waals surface area (Å²) < 4.78 is 18.0. The van der Waals surface area contributed by atoms with Crippen molar-refractivity contribution in [1.82, 2.24) is 19.8 Å². The van der Waals surface area contributed by atoms with Crippen LogP contribution in [0.1, 0.15) is 0 Å². The Kier molecular flexibility index (Phi) is 18.2. The molecule has 10 aromatic carbocycles. The minimum atomic E-state index is -3.51. The van der Waals surface area contributed by atoms with Crippen LogP contribution in [0, 0.1) is 37.6 Å². The molecule has 0 atom stereocenters. The summed E-state index contributed by atoms with van der Waals surface area (Å²) in [5.41, 5.74) is 9.04. The standard InChI is InChI=1S/C39H29BGeN3O.C39H29BN3OSi.2Pt/c1-43-25-26-44(29-43)33-22-23-38-36(28-33)40(30-13-12-18-34(27-30)45-39-21-10-11-24-42-39)35-19-8-9-20-37(35)41(38,31-14-4-2-5-15-31)32-16-6-3-7-17-32;1-42-25-26-43(29-42)31-22-23-38-36(28-31)40(30-13-12-14-32(27-30)44-39-21-10-11-24-41-39)35-19-8-9-20-37(35)45(38,33-15-4-2-5-16-33)34-17-6-3-7-18-34;;/h2*2-26,29H,1H3;;/q2*-3;;. The second-order valence-corrected chi connectivity index (χ2v) is 34.4. The molecule has 14 heteroatoms. The maximum Gasteiger partial charge on any atom is 0.216 e. The Bertz CT molecular complexity index is 4230. The van der Waals surface area contributed by atoms with Crippen molar-refractivity contribution in [3.63, 3.8) is 0 Å². The van der Waals surface area contributed by atoms with Gasteiger partial charge in [-0.25, -0.2) is 4.98 Å². The molecule has 2 aromatic heterocycles. The quantitative estimate of drug-likeness (QED) is 0.109. The van der Waals surface area contributed by atoms with Crippen molar-refractivity contribution in [3.8, 4) is 23.3 Å². The summed E-state index contributed by atoms with van der Waals surface area (Å²) in [5.74, 6) is 2.37. The molecule has 6 heterocycles. The molecular weight excluding hydrogens is 1570 g/mol. The second-order valence-electron chi connectivity index (χ2n) is 22.8. The van der Waals surface area contributed by atoms with Gasteiger partial charge in [0.1, 0.15) is 8.07 Å². The molecule has 16 rings (SSSR count). The molecule has 0 spiro atoms. The molecule has 8 nitrogen and oxygen atoms in total.